The van der Waals surface area contributed by atoms with Crippen LogP contribution in [0.4, 0.5) is 10.5 Å². The number of anilines is 1. The predicted molar refractivity (Wildman–Crippen MR) is 226 cm³/mol. The zero-order valence-corrected chi connectivity index (χ0v) is 34.7. The number of hydrogen-bond acceptors (Lipinski definition) is 9. The lowest BCUT2D eigenvalue weighted by molar-refractivity contribution is -0.162. The van der Waals surface area contributed by atoms with Gasteiger partial charge in [0, 0.05) is 49.4 Å². The molecule has 2 aliphatic rings. The van der Waals surface area contributed by atoms with E-state index in [4.69, 9.17) is 14.3 Å². The molecule has 310 valence electrons. The number of phenols is 1. The van der Waals surface area contributed by atoms with Crippen molar-refractivity contribution >= 4 is 29.3 Å². The molecular weight excluding hydrogens is 749 g/mol. The minimum atomic E-state index is -0.987. The van der Waals surface area contributed by atoms with Crippen molar-refractivity contribution in [3.63, 3.8) is 0 Å². The Labute approximate surface area is 346 Å². The Kier molecular flexibility index (Phi) is 13.7. The monoisotopic (exact) mass is 802 g/mol. The van der Waals surface area contributed by atoms with Crippen LogP contribution in [0, 0.1) is 18.8 Å². The number of carbonyl (C=O) groups excluding carboxylic acids is 3. The lowest BCUT2D eigenvalue weighted by Gasteiger charge is -2.37. The molecule has 3 N–H and O–H groups in total. The summed E-state index contributed by atoms with van der Waals surface area (Å²) in [7, 11) is 1.81. The topological polar surface area (TPSA) is 157 Å². The van der Waals surface area contributed by atoms with Gasteiger partial charge in [0.05, 0.1) is 17.9 Å². The van der Waals surface area contributed by atoms with E-state index in [1.54, 1.807) is 55.6 Å². The fourth-order valence-electron chi connectivity index (χ4n) is 7.04. The molecule has 3 amide bonds. The van der Waals surface area contributed by atoms with Gasteiger partial charge in [0.1, 0.15) is 29.1 Å². The maximum absolute atomic E-state index is 14.4. The number of likely N-dealkylation sites (tertiary alicyclic amines) is 1. The Balaban J connectivity index is 1.14. The average Bonchev–Trinajstić information content (AvgIpc) is 3.59. The number of aryl methyl sites for hydroxylation is 2. The number of amides is 3. The van der Waals surface area contributed by atoms with E-state index in [1.807, 2.05) is 68.6 Å². The van der Waals surface area contributed by atoms with E-state index >= 15 is 0 Å². The van der Waals surface area contributed by atoms with Crippen molar-refractivity contribution in [2.24, 2.45) is 12.2 Å². The van der Waals surface area contributed by atoms with Gasteiger partial charge in [-0.25, -0.2) is 4.79 Å². The normalized spacial score (nSPS) is 17.6. The van der Waals surface area contributed by atoms with Crippen molar-refractivity contribution in [2.75, 3.05) is 18.5 Å². The number of oxime groups is 1. The Hall–Kier alpha value is -6.13. The number of carbonyl (C=O) groups is 3. The number of phenolic OH excluding ortho intramolecular Hbond substituents is 1. The molecule has 0 saturated carbocycles. The molecule has 2 saturated heterocycles. The maximum atomic E-state index is 14.4. The van der Waals surface area contributed by atoms with Crippen molar-refractivity contribution < 1.29 is 33.8 Å². The first kappa shape index (κ1) is 42.5. The fraction of sp³-hybridized carbons (Fsp3) is 0.413. The molecule has 4 aromatic rings. The van der Waals surface area contributed by atoms with E-state index in [9.17, 15) is 19.5 Å². The van der Waals surface area contributed by atoms with Crippen LogP contribution in [0.3, 0.4) is 0 Å². The molecule has 13 heteroatoms. The minimum absolute atomic E-state index is 0.129. The van der Waals surface area contributed by atoms with Crippen LogP contribution < -0.4 is 10.6 Å². The highest BCUT2D eigenvalue weighted by Crippen LogP contribution is 2.31. The van der Waals surface area contributed by atoms with Gasteiger partial charge >= 0.3 is 6.09 Å². The summed E-state index contributed by atoms with van der Waals surface area (Å²) in [6, 6.07) is 18.4. The third-order valence-electron chi connectivity index (χ3n) is 10.1. The van der Waals surface area contributed by atoms with Crippen molar-refractivity contribution in [3.8, 4) is 28.8 Å². The number of piperidine rings is 1. The van der Waals surface area contributed by atoms with E-state index in [2.05, 4.69) is 32.7 Å². The number of aromatic nitrogens is 2. The maximum Gasteiger partial charge on any atom is 0.408 e. The van der Waals surface area contributed by atoms with Crippen LogP contribution in [-0.4, -0.2) is 80.5 Å². The highest BCUT2D eigenvalue weighted by atomic mass is 16.8. The molecule has 6 rings (SSSR count). The van der Waals surface area contributed by atoms with Gasteiger partial charge in [-0.05, 0) is 114 Å². The highest BCUT2D eigenvalue weighted by molar-refractivity contribution is 5.99. The first-order valence-electron chi connectivity index (χ1n) is 20.2. The molecule has 2 aliphatic heterocycles. The third-order valence-corrected chi connectivity index (χ3v) is 10.1. The van der Waals surface area contributed by atoms with Crippen LogP contribution in [0.2, 0.25) is 0 Å². The highest BCUT2D eigenvalue weighted by Gasteiger charge is 2.37. The molecule has 13 nitrogen and oxygen atoms in total. The molecule has 2 unspecified atom stereocenters. The van der Waals surface area contributed by atoms with Crippen LogP contribution in [0.5, 0.6) is 5.75 Å². The summed E-state index contributed by atoms with van der Waals surface area (Å²) >= 11 is 0. The van der Waals surface area contributed by atoms with Gasteiger partial charge in [0.2, 0.25) is 18.1 Å². The number of nitrogens with zero attached hydrogens (tertiary/aromatic N) is 4. The summed E-state index contributed by atoms with van der Waals surface area (Å²) in [5.41, 5.74) is 5.70. The van der Waals surface area contributed by atoms with Crippen LogP contribution in [-0.2, 0) is 37.4 Å². The molecular formula is C46H54N6O7. The summed E-state index contributed by atoms with van der Waals surface area (Å²) in [6.45, 7) is 10.1. The van der Waals surface area contributed by atoms with Gasteiger partial charge in [-0.15, -0.1) is 0 Å². The number of hydrogen-bond donors (Lipinski definition) is 3. The lowest BCUT2D eigenvalue weighted by Crippen LogP contribution is -2.57. The molecule has 2 fully saturated rings. The fourth-order valence-corrected chi connectivity index (χ4v) is 7.04. The molecule has 1 aromatic heterocycles. The molecule has 3 atom stereocenters. The quantitative estimate of drug-likeness (QED) is 0.0862. The Morgan fingerprint density at radius 2 is 1.75 bits per heavy atom. The zero-order valence-electron chi connectivity index (χ0n) is 34.7. The Bertz CT molecular complexity index is 2210. The first-order chi connectivity index (χ1) is 28.2. The van der Waals surface area contributed by atoms with Crippen LogP contribution in [0.25, 0.3) is 11.3 Å². The molecule has 0 aliphatic carbocycles. The second kappa shape index (κ2) is 19.1. The molecule has 3 aromatic carbocycles. The van der Waals surface area contributed by atoms with Crippen LogP contribution in [0.1, 0.15) is 94.0 Å². The van der Waals surface area contributed by atoms with Gasteiger partial charge in [0.15, 0.2) is 0 Å². The number of alkyl carbamates (subject to hydrolysis) is 1. The summed E-state index contributed by atoms with van der Waals surface area (Å²) in [5, 5.41) is 25.1. The van der Waals surface area contributed by atoms with Gasteiger partial charge in [-0.1, -0.05) is 52.9 Å². The number of rotatable bonds is 10. The van der Waals surface area contributed by atoms with Crippen molar-refractivity contribution in [1.82, 2.24) is 20.0 Å². The predicted octanol–water partition coefficient (Wildman–Crippen LogP) is 7.22. The van der Waals surface area contributed by atoms with E-state index in [0.717, 1.165) is 54.4 Å². The minimum Gasteiger partial charge on any atom is -0.507 e. The van der Waals surface area contributed by atoms with Gasteiger partial charge < -0.3 is 35.0 Å². The van der Waals surface area contributed by atoms with Crippen molar-refractivity contribution in [2.45, 2.75) is 104 Å². The van der Waals surface area contributed by atoms with E-state index in [-0.39, 0.29) is 30.3 Å². The smallest absolute Gasteiger partial charge is 0.408 e. The van der Waals surface area contributed by atoms with Gasteiger partial charge in [-0.3, -0.25) is 14.3 Å². The second-order valence-corrected chi connectivity index (χ2v) is 16.1. The van der Waals surface area contributed by atoms with Crippen LogP contribution in [0.15, 0.2) is 78.1 Å². The molecule has 0 spiro atoms. The largest absolute Gasteiger partial charge is 0.507 e. The Morgan fingerprint density at radius 1 is 1.00 bits per heavy atom. The van der Waals surface area contributed by atoms with Gasteiger partial charge in [-0.2, -0.15) is 5.10 Å². The number of aromatic hydroxyl groups is 1. The van der Waals surface area contributed by atoms with E-state index in [0.29, 0.717) is 47.8 Å². The third kappa shape index (κ3) is 11.7. The van der Waals surface area contributed by atoms with Crippen molar-refractivity contribution in [3.05, 3.63) is 101 Å². The Morgan fingerprint density at radius 3 is 2.46 bits per heavy atom. The summed E-state index contributed by atoms with van der Waals surface area (Å²) in [6.07, 6.45) is 5.77. The molecule has 0 radical (unpaired) electrons. The lowest BCUT2D eigenvalue weighted by atomic mass is 9.97. The van der Waals surface area contributed by atoms with Crippen molar-refractivity contribution in [1.29, 1.82) is 0 Å². The van der Waals surface area contributed by atoms with E-state index < -0.39 is 23.8 Å². The zero-order chi connectivity index (χ0) is 42.1. The van der Waals surface area contributed by atoms with Gasteiger partial charge in [0.25, 0.3) is 0 Å². The van der Waals surface area contributed by atoms with E-state index in [1.165, 1.54) is 0 Å². The standard InChI is InChI=1S/C46H54N6O7/c1-30-13-24-40(53)37(27-30)42-35(29-51(6)49-42)21-14-32-17-22-36(23-18-32)47-43(54)39-11-7-9-25-52(39)44(55)38(48-45(56)58-46(3,4)5)28-33-15-19-34(20-16-33)31(2)50-59-41-12-8-10-26-57-41/h13,15-20,22-24,27,29,38-39,41,53H,7-12,25-26,28H2,1-6H3,(H,47,54)(H,48,56)/t38-,39?,41?/m0/s1. The first-order valence-corrected chi connectivity index (χ1v) is 20.2. The molecule has 3 heterocycles. The second-order valence-electron chi connectivity index (χ2n) is 16.1. The number of nitrogens with one attached hydrogen (secondary N) is 2. The number of ether oxygens (including phenoxy) is 2. The summed E-state index contributed by atoms with van der Waals surface area (Å²) < 4.78 is 12.8. The molecule has 0 bridgehead atoms. The SMILES string of the molecule is CC(=NOC1CCCCO1)c1ccc(C[C@H](NC(=O)OC(C)(C)C)C(=O)N2CCCCC2C(=O)Nc2ccc(C#Cc3cn(C)nc3-c3cc(C)ccc3O)cc2)cc1. The summed E-state index contributed by atoms with van der Waals surface area (Å²) in [4.78, 5) is 48.5. The number of benzene rings is 3. The summed E-state index contributed by atoms with van der Waals surface area (Å²) in [5.74, 6) is 5.79. The average molecular weight is 803 g/mol. The molecule has 59 heavy (non-hydrogen) atoms. The van der Waals surface area contributed by atoms with Crippen LogP contribution >= 0.6 is 0 Å².